The number of benzene rings is 1. The number of nitrogens with one attached hydrogen (secondary N) is 1. The molecule has 5 heteroatoms. The molecule has 1 aromatic carbocycles. The topological polar surface area (TPSA) is 41.3 Å². The third-order valence-corrected chi connectivity index (χ3v) is 4.14. The smallest absolute Gasteiger partial charge is 0.0453 e. The molecule has 0 atom stereocenters. The maximum Gasteiger partial charge on any atom is 0.0453 e. The number of nitrogens with two attached hydrogens (primary N) is 1. The molecule has 0 bridgehead atoms. The lowest BCUT2D eigenvalue weighted by molar-refractivity contribution is 0.255. The van der Waals surface area contributed by atoms with Crippen LogP contribution in [0.15, 0.2) is 23.1 Å². The van der Waals surface area contributed by atoms with Crippen LogP contribution >= 0.6 is 23.4 Å². The van der Waals surface area contributed by atoms with Gasteiger partial charge in [0.25, 0.3) is 0 Å². The van der Waals surface area contributed by atoms with Crippen molar-refractivity contribution in [1.82, 2.24) is 10.2 Å². The van der Waals surface area contributed by atoms with Gasteiger partial charge >= 0.3 is 0 Å². The molecular weight excluding hydrogens is 254 g/mol. The monoisotopic (exact) mass is 271 g/mol. The summed E-state index contributed by atoms with van der Waals surface area (Å²) < 4.78 is 0. The molecule has 0 saturated carbocycles. The van der Waals surface area contributed by atoms with E-state index in [-0.39, 0.29) is 0 Å². The van der Waals surface area contributed by atoms with E-state index in [9.17, 15) is 0 Å². The van der Waals surface area contributed by atoms with Crippen LogP contribution in [0.25, 0.3) is 0 Å². The average Bonchev–Trinajstić information content (AvgIpc) is 2.35. The summed E-state index contributed by atoms with van der Waals surface area (Å²) in [6.45, 7) is 5.60. The maximum atomic E-state index is 5.96. The van der Waals surface area contributed by atoms with Gasteiger partial charge < -0.3 is 11.1 Å². The van der Waals surface area contributed by atoms with Crippen molar-refractivity contribution in [3.63, 3.8) is 0 Å². The highest BCUT2D eigenvalue weighted by Gasteiger charge is 2.09. The van der Waals surface area contributed by atoms with Gasteiger partial charge in [-0.25, -0.2) is 0 Å². The van der Waals surface area contributed by atoms with Crippen LogP contribution in [-0.2, 0) is 0 Å². The van der Waals surface area contributed by atoms with Crippen LogP contribution in [0.5, 0.6) is 0 Å². The first-order valence-corrected chi connectivity index (χ1v) is 7.23. The highest BCUT2D eigenvalue weighted by molar-refractivity contribution is 7.99. The van der Waals surface area contributed by atoms with E-state index < -0.39 is 0 Å². The Morgan fingerprint density at radius 1 is 1.35 bits per heavy atom. The fourth-order valence-corrected chi connectivity index (χ4v) is 3.10. The molecule has 1 heterocycles. The molecule has 0 radical (unpaired) electrons. The molecule has 0 amide bonds. The van der Waals surface area contributed by atoms with Crippen molar-refractivity contribution in [2.45, 2.75) is 4.90 Å². The zero-order valence-corrected chi connectivity index (χ0v) is 11.4. The quantitative estimate of drug-likeness (QED) is 0.649. The molecule has 1 aromatic rings. The number of piperazine rings is 1. The molecule has 0 unspecified atom stereocenters. The van der Waals surface area contributed by atoms with Gasteiger partial charge in [-0.15, -0.1) is 11.8 Å². The van der Waals surface area contributed by atoms with Crippen LogP contribution < -0.4 is 11.1 Å². The summed E-state index contributed by atoms with van der Waals surface area (Å²) >= 11 is 7.74. The first kappa shape index (κ1) is 13.0. The van der Waals surface area contributed by atoms with Crippen molar-refractivity contribution in [2.75, 3.05) is 44.2 Å². The first-order chi connectivity index (χ1) is 8.25. The maximum absolute atomic E-state index is 5.96. The Morgan fingerprint density at radius 2 is 2.12 bits per heavy atom. The highest BCUT2D eigenvalue weighted by atomic mass is 35.5. The molecule has 1 aliphatic heterocycles. The van der Waals surface area contributed by atoms with E-state index in [0.29, 0.717) is 0 Å². The van der Waals surface area contributed by atoms with Gasteiger partial charge in [-0.1, -0.05) is 11.6 Å². The van der Waals surface area contributed by atoms with E-state index in [2.05, 4.69) is 10.2 Å². The Hall–Kier alpha value is -0.420. The Kier molecular flexibility index (Phi) is 4.98. The summed E-state index contributed by atoms with van der Waals surface area (Å²) in [5.74, 6) is 1.06. The number of nitrogens with zero attached hydrogens (tertiary/aromatic N) is 1. The summed E-state index contributed by atoms with van der Waals surface area (Å²) in [5, 5.41) is 4.11. The second-order valence-corrected chi connectivity index (χ2v) is 5.70. The van der Waals surface area contributed by atoms with Crippen molar-refractivity contribution < 1.29 is 0 Å². The van der Waals surface area contributed by atoms with Gasteiger partial charge in [0.05, 0.1) is 0 Å². The number of halogens is 1. The Balaban J connectivity index is 1.79. The first-order valence-electron chi connectivity index (χ1n) is 5.86. The normalized spacial score (nSPS) is 17.2. The standard InChI is InChI=1S/C12H18ClN3S/c13-10-1-2-11(14)12(9-10)17-8-7-16-5-3-15-4-6-16/h1-2,9,15H,3-8,14H2. The zero-order chi connectivity index (χ0) is 12.1. The Bertz CT molecular complexity index is 367. The molecular formula is C12H18ClN3S. The molecule has 2 rings (SSSR count). The van der Waals surface area contributed by atoms with Crippen molar-refractivity contribution in [1.29, 1.82) is 0 Å². The lowest BCUT2D eigenvalue weighted by atomic mass is 10.3. The number of hydrogen-bond donors (Lipinski definition) is 2. The molecule has 0 spiro atoms. The summed E-state index contributed by atoms with van der Waals surface area (Å²) in [6.07, 6.45) is 0. The third kappa shape index (κ3) is 4.07. The van der Waals surface area contributed by atoms with Crippen LogP contribution in [-0.4, -0.2) is 43.4 Å². The van der Waals surface area contributed by atoms with Gasteiger partial charge in [-0.3, -0.25) is 4.90 Å². The summed E-state index contributed by atoms with van der Waals surface area (Å²) in [4.78, 5) is 3.57. The van der Waals surface area contributed by atoms with Gasteiger partial charge in [0, 0.05) is 54.1 Å². The molecule has 0 aliphatic carbocycles. The molecule has 0 aromatic heterocycles. The highest BCUT2D eigenvalue weighted by Crippen LogP contribution is 2.27. The van der Waals surface area contributed by atoms with E-state index in [1.165, 1.54) is 0 Å². The van der Waals surface area contributed by atoms with E-state index in [1.54, 1.807) is 11.8 Å². The third-order valence-electron chi connectivity index (χ3n) is 2.85. The minimum atomic E-state index is 0.754. The fraction of sp³-hybridized carbons (Fsp3) is 0.500. The van der Waals surface area contributed by atoms with E-state index in [1.807, 2.05) is 18.2 Å². The average molecular weight is 272 g/mol. The van der Waals surface area contributed by atoms with Crippen molar-refractivity contribution in [2.24, 2.45) is 0 Å². The van der Waals surface area contributed by atoms with Crippen LogP contribution in [0.3, 0.4) is 0 Å². The summed E-state index contributed by atoms with van der Waals surface area (Å²) in [5.41, 5.74) is 6.72. The molecule has 1 fully saturated rings. The van der Waals surface area contributed by atoms with Crippen LogP contribution in [0.4, 0.5) is 5.69 Å². The molecule has 17 heavy (non-hydrogen) atoms. The molecule has 3 nitrogen and oxygen atoms in total. The minimum absolute atomic E-state index is 0.754. The zero-order valence-electron chi connectivity index (χ0n) is 9.79. The second-order valence-electron chi connectivity index (χ2n) is 4.12. The van der Waals surface area contributed by atoms with Gasteiger partial charge in [-0.2, -0.15) is 0 Å². The number of anilines is 1. The molecule has 1 saturated heterocycles. The predicted molar refractivity (Wildman–Crippen MR) is 75.9 cm³/mol. The lowest BCUT2D eigenvalue weighted by Crippen LogP contribution is -2.44. The summed E-state index contributed by atoms with van der Waals surface area (Å²) in [6, 6.07) is 5.64. The van der Waals surface area contributed by atoms with Crippen LogP contribution in [0.2, 0.25) is 5.02 Å². The van der Waals surface area contributed by atoms with Gasteiger partial charge in [0.2, 0.25) is 0 Å². The molecule has 3 N–H and O–H groups in total. The van der Waals surface area contributed by atoms with E-state index >= 15 is 0 Å². The Labute approximate surface area is 112 Å². The minimum Gasteiger partial charge on any atom is -0.398 e. The van der Waals surface area contributed by atoms with Crippen molar-refractivity contribution in [3.05, 3.63) is 23.2 Å². The lowest BCUT2D eigenvalue weighted by Gasteiger charge is -2.26. The number of hydrogen-bond acceptors (Lipinski definition) is 4. The van der Waals surface area contributed by atoms with E-state index in [4.69, 9.17) is 17.3 Å². The van der Waals surface area contributed by atoms with Gasteiger partial charge in [-0.05, 0) is 18.2 Å². The number of rotatable bonds is 4. The second kappa shape index (κ2) is 6.50. The number of nitrogen functional groups attached to an aromatic ring is 1. The van der Waals surface area contributed by atoms with E-state index in [0.717, 1.165) is 54.1 Å². The number of thioether (sulfide) groups is 1. The van der Waals surface area contributed by atoms with Crippen molar-refractivity contribution >= 4 is 29.1 Å². The SMILES string of the molecule is Nc1ccc(Cl)cc1SCCN1CCNCC1. The largest absolute Gasteiger partial charge is 0.398 e. The van der Waals surface area contributed by atoms with Crippen molar-refractivity contribution in [3.8, 4) is 0 Å². The van der Waals surface area contributed by atoms with Gasteiger partial charge in [0.1, 0.15) is 0 Å². The predicted octanol–water partition coefficient (Wildman–Crippen LogP) is 1.92. The fourth-order valence-electron chi connectivity index (χ4n) is 1.85. The Morgan fingerprint density at radius 3 is 2.88 bits per heavy atom. The molecule has 94 valence electrons. The van der Waals surface area contributed by atoms with Gasteiger partial charge in [0.15, 0.2) is 0 Å². The molecule has 1 aliphatic rings. The van der Waals surface area contributed by atoms with Crippen LogP contribution in [0.1, 0.15) is 0 Å². The van der Waals surface area contributed by atoms with Crippen LogP contribution in [0, 0.1) is 0 Å². The summed E-state index contributed by atoms with van der Waals surface area (Å²) in [7, 11) is 0.